The number of nitrogens with one attached hydrogen (secondary N) is 1. The van der Waals surface area contributed by atoms with Crippen LogP contribution < -0.4 is 10.2 Å². The first-order valence-electron chi connectivity index (χ1n) is 6.45. The van der Waals surface area contributed by atoms with Gasteiger partial charge in [-0.15, -0.1) is 0 Å². The lowest BCUT2D eigenvalue weighted by atomic mass is 10.1. The second-order valence-corrected chi connectivity index (χ2v) is 4.49. The van der Waals surface area contributed by atoms with E-state index in [9.17, 15) is 22.8 Å². The molecule has 0 bridgehead atoms. The number of hydrogen-bond acceptors (Lipinski definition) is 3. The summed E-state index contributed by atoms with van der Waals surface area (Å²) in [6.45, 7) is 1.94. The number of benzene rings is 1. The fourth-order valence-electron chi connectivity index (χ4n) is 1.94. The normalized spacial score (nSPS) is 11.1. The molecular weight excluding hydrogens is 285 g/mol. The lowest BCUT2D eigenvalue weighted by molar-refractivity contribution is -0.137. The number of likely N-dealkylation sites (N-methyl/N-ethyl adjacent to an activating group) is 1. The first-order valence-corrected chi connectivity index (χ1v) is 6.45. The smallest absolute Gasteiger partial charge is 0.362 e. The summed E-state index contributed by atoms with van der Waals surface area (Å²) in [5.41, 5.74) is -1.06. The Labute approximate surface area is 120 Å². The van der Waals surface area contributed by atoms with Gasteiger partial charge in [-0.3, -0.25) is 9.59 Å². The van der Waals surface area contributed by atoms with Crippen LogP contribution in [0.15, 0.2) is 18.2 Å². The van der Waals surface area contributed by atoms with Gasteiger partial charge in [0.15, 0.2) is 0 Å². The van der Waals surface area contributed by atoms with Gasteiger partial charge in [0.05, 0.1) is 12.1 Å². The summed E-state index contributed by atoms with van der Waals surface area (Å²) in [5, 5.41) is 2.39. The number of alkyl halides is 3. The molecule has 0 radical (unpaired) electrons. The molecule has 0 aliphatic rings. The van der Waals surface area contributed by atoms with Gasteiger partial charge >= 0.3 is 6.18 Å². The van der Waals surface area contributed by atoms with Crippen LogP contribution in [0.2, 0.25) is 0 Å². The topological polar surface area (TPSA) is 49.4 Å². The summed E-state index contributed by atoms with van der Waals surface area (Å²) in [6.07, 6.45) is -3.64. The summed E-state index contributed by atoms with van der Waals surface area (Å²) in [6, 6.07) is 3.34. The minimum absolute atomic E-state index is 0.0533. The first kappa shape index (κ1) is 17.0. The summed E-state index contributed by atoms with van der Waals surface area (Å²) in [5.74, 6) is -0.379. The predicted octanol–water partition coefficient (Wildman–Crippen LogP) is 2.48. The predicted molar refractivity (Wildman–Crippen MR) is 73.4 cm³/mol. The van der Waals surface area contributed by atoms with Gasteiger partial charge in [0, 0.05) is 24.8 Å². The lowest BCUT2D eigenvalue weighted by Crippen LogP contribution is -2.37. The highest BCUT2D eigenvalue weighted by molar-refractivity contribution is 5.82. The maximum absolute atomic E-state index is 13.1. The number of halogens is 3. The molecule has 1 rings (SSSR count). The molecule has 0 aliphatic heterocycles. The van der Waals surface area contributed by atoms with Crippen molar-refractivity contribution < 1.29 is 22.8 Å². The highest BCUT2D eigenvalue weighted by Gasteiger charge is 2.35. The van der Waals surface area contributed by atoms with Crippen LogP contribution in [0, 0.1) is 0 Å². The van der Waals surface area contributed by atoms with E-state index in [1.54, 1.807) is 0 Å². The van der Waals surface area contributed by atoms with E-state index in [0.717, 1.165) is 6.07 Å². The monoisotopic (exact) mass is 302 g/mol. The number of anilines is 1. The summed E-state index contributed by atoms with van der Waals surface area (Å²) < 4.78 is 39.4. The van der Waals surface area contributed by atoms with Crippen molar-refractivity contribution in [3.63, 3.8) is 0 Å². The summed E-state index contributed by atoms with van der Waals surface area (Å²) in [4.78, 5) is 23.5. The number of carbonyl (C=O) groups excluding carboxylic acids is 2. The van der Waals surface area contributed by atoms with Crippen molar-refractivity contribution in [3.05, 3.63) is 29.3 Å². The second kappa shape index (κ2) is 7.10. The average Bonchev–Trinajstić information content (AvgIpc) is 2.45. The van der Waals surface area contributed by atoms with Crippen molar-refractivity contribution in [3.8, 4) is 0 Å². The number of hydrogen-bond donors (Lipinski definition) is 1. The van der Waals surface area contributed by atoms with E-state index >= 15 is 0 Å². The van der Waals surface area contributed by atoms with Gasteiger partial charge < -0.3 is 10.2 Å². The van der Waals surface area contributed by atoms with Crippen LogP contribution >= 0.6 is 0 Å². The van der Waals surface area contributed by atoms with E-state index in [2.05, 4.69) is 5.32 Å². The molecule has 1 amide bonds. The van der Waals surface area contributed by atoms with Crippen molar-refractivity contribution in [1.29, 1.82) is 0 Å². The molecule has 0 aromatic heterocycles. The van der Waals surface area contributed by atoms with Crippen molar-refractivity contribution >= 4 is 17.9 Å². The number of nitrogens with zero attached hydrogens (tertiary/aromatic N) is 1. The highest BCUT2D eigenvalue weighted by atomic mass is 19.4. The Balaban J connectivity index is 3.29. The molecule has 4 nitrogen and oxygen atoms in total. The van der Waals surface area contributed by atoms with Gasteiger partial charge in [0.25, 0.3) is 0 Å². The zero-order valence-electron chi connectivity index (χ0n) is 11.8. The minimum Gasteiger partial charge on any atom is -0.362 e. The largest absolute Gasteiger partial charge is 0.418 e. The Morgan fingerprint density at radius 2 is 2.05 bits per heavy atom. The molecule has 0 atom stereocenters. The fraction of sp³-hybridized carbons (Fsp3) is 0.429. The minimum atomic E-state index is -4.59. The Bertz CT molecular complexity index is 515. The molecule has 0 unspecified atom stereocenters. The summed E-state index contributed by atoms with van der Waals surface area (Å²) >= 11 is 0. The number of aldehydes is 1. The molecule has 1 N–H and O–H groups in total. The van der Waals surface area contributed by atoms with E-state index in [4.69, 9.17) is 0 Å². The van der Waals surface area contributed by atoms with E-state index in [-0.39, 0.29) is 23.7 Å². The highest BCUT2D eigenvalue weighted by Crippen LogP contribution is 2.37. The van der Waals surface area contributed by atoms with Crippen molar-refractivity contribution in [2.45, 2.75) is 19.5 Å². The molecule has 0 spiro atoms. The standard InChI is InChI=1S/C14H17F3N2O2/c1-3-6-19(8-13(21)18-2)12-5-4-10(9-20)7-11(12)14(15,16)17/h4-5,7,9H,3,6,8H2,1-2H3,(H,18,21). The zero-order chi connectivity index (χ0) is 16.0. The molecule has 1 aromatic rings. The molecule has 116 valence electrons. The number of rotatable bonds is 6. The molecule has 0 saturated heterocycles. The Morgan fingerprint density at radius 3 is 2.52 bits per heavy atom. The van der Waals surface area contributed by atoms with Gasteiger partial charge in [0.2, 0.25) is 5.91 Å². The first-order chi connectivity index (χ1) is 9.83. The molecule has 0 heterocycles. The van der Waals surface area contributed by atoms with Crippen LogP contribution in [0.1, 0.15) is 29.3 Å². The van der Waals surface area contributed by atoms with Crippen molar-refractivity contribution in [1.82, 2.24) is 5.32 Å². The van der Waals surface area contributed by atoms with Crippen LogP contribution in [0.3, 0.4) is 0 Å². The van der Waals surface area contributed by atoms with Crippen LogP contribution in [-0.2, 0) is 11.0 Å². The third-order valence-electron chi connectivity index (χ3n) is 2.91. The molecule has 7 heteroatoms. The Kier molecular flexibility index (Phi) is 5.75. The third kappa shape index (κ3) is 4.47. The van der Waals surface area contributed by atoms with E-state index in [0.29, 0.717) is 19.3 Å². The van der Waals surface area contributed by atoms with Crippen LogP contribution in [0.4, 0.5) is 18.9 Å². The van der Waals surface area contributed by atoms with Crippen LogP contribution in [-0.4, -0.2) is 32.3 Å². The van der Waals surface area contributed by atoms with E-state index in [1.165, 1.54) is 24.1 Å². The lowest BCUT2D eigenvalue weighted by Gasteiger charge is -2.27. The maximum Gasteiger partial charge on any atom is 0.418 e. The van der Waals surface area contributed by atoms with Gasteiger partial charge in [-0.2, -0.15) is 13.2 Å². The Morgan fingerprint density at radius 1 is 1.38 bits per heavy atom. The second-order valence-electron chi connectivity index (χ2n) is 4.49. The van der Waals surface area contributed by atoms with Gasteiger partial charge in [-0.25, -0.2) is 0 Å². The van der Waals surface area contributed by atoms with Gasteiger partial charge in [-0.1, -0.05) is 6.92 Å². The number of amides is 1. The zero-order valence-corrected chi connectivity index (χ0v) is 11.8. The maximum atomic E-state index is 13.1. The quantitative estimate of drug-likeness (QED) is 0.821. The van der Waals surface area contributed by atoms with Crippen molar-refractivity contribution in [2.24, 2.45) is 0 Å². The van der Waals surface area contributed by atoms with Gasteiger partial charge in [0.1, 0.15) is 6.29 Å². The molecule has 1 aromatic carbocycles. The molecule has 21 heavy (non-hydrogen) atoms. The Hall–Kier alpha value is -2.05. The van der Waals surface area contributed by atoms with Crippen LogP contribution in [0.5, 0.6) is 0 Å². The molecule has 0 saturated carbocycles. The van der Waals surface area contributed by atoms with Gasteiger partial charge in [-0.05, 0) is 24.6 Å². The van der Waals surface area contributed by atoms with E-state index < -0.39 is 11.7 Å². The fourth-order valence-corrected chi connectivity index (χ4v) is 1.94. The third-order valence-corrected chi connectivity index (χ3v) is 2.91. The molecule has 0 fully saturated rings. The molecule has 0 aliphatic carbocycles. The molecular formula is C14H17F3N2O2. The summed E-state index contributed by atoms with van der Waals surface area (Å²) in [7, 11) is 1.42. The number of carbonyl (C=O) groups is 2. The average molecular weight is 302 g/mol. The van der Waals surface area contributed by atoms with E-state index in [1.807, 2.05) is 6.92 Å². The SMILES string of the molecule is CCCN(CC(=O)NC)c1ccc(C=O)cc1C(F)(F)F. The van der Waals surface area contributed by atoms with Crippen LogP contribution in [0.25, 0.3) is 0 Å². The van der Waals surface area contributed by atoms with Crippen molar-refractivity contribution in [2.75, 3.05) is 25.0 Å².